The number of phosphoric acid groups is 1. The Morgan fingerprint density at radius 3 is 2.62 bits per heavy atom. The SMILES string of the molecule is CC1(C)COP(=O)(O)OC1c1ccccc1. The summed E-state index contributed by atoms with van der Waals surface area (Å²) < 4.78 is 21.4. The van der Waals surface area contributed by atoms with E-state index in [-0.39, 0.29) is 12.0 Å². The molecule has 1 aliphatic rings. The highest BCUT2D eigenvalue weighted by molar-refractivity contribution is 7.47. The van der Waals surface area contributed by atoms with Gasteiger partial charge in [-0.05, 0) is 5.56 Å². The van der Waals surface area contributed by atoms with Gasteiger partial charge in [0.05, 0.1) is 6.61 Å². The monoisotopic (exact) mass is 242 g/mol. The summed E-state index contributed by atoms with van der Waals surface area (Å²) in [6, 6.07) is 9.43. The third kappa shape index (κ3) is 2.36. The molecular weight excluding hydrogens is 227 g/mol. The zero-order chi connectivity index (χ0) is 11.8. The second kappa shape index (κ2) is 3.97. The van der Waals surface area contributed by atoms with Crippen molar-refractivity contribution in [3.05, 3.63) is 35.9 Å². The molecule has 1 N–H and O–H groups in total. The molecule has 2 rings (SSSR count). The van der Waals surface area contributed by atoms with Crippen LogP contribution in [0.2, 0.25) is 0 Å². The van der Waals surface area contributed by atoms with Crippen molar-refractivity contribution in [1.82, 2.24) is 0 Å². The smallest absolute Gasteiger partial charge is 0.302 e. The fourth-order valence-corrected chi connectivity index (χ4v) is 3.00. The summed E-state index contributed by atoms with van der Waals surface area (Å²) in [7, 11) is -3.89. The van der Waals surface area contributed by atoms with Gasteiger partial charge in [0.15, 0.2) is 0 Å². The average molecular weight is 242 g/mol. The van der Waals surface area contributed by atoms with Crippen molar-refractivity contribution in [2.75, 3.05) is 6.61 Å². The molecule has 0 bridgehead atoms. The lowest BCUT2D eigenvalue weighted by atomic mass is 9.83. The van der Waals surface area contributed by atoms with E-state index in [0.29, 0.717) is 0 Å². The van der Waals surface area contributed by atoms with Gasteiger partial charge in [0.1, 0.15) is 6.10 Å². The first kappa shape index (κ1) is 11.8. The molecule has 5 heteroatoms. The molecule has 2 unspecified atom stereocenters. The van der Waals surface area contributed by atoms with Crippen LogP contribution >= 0.6 is 7.82 Å². The molecule has 88 valence electrons. The van der Waals surface area contributed by atoms with E-state index >= 15 is 0 Å². The van der Waals surface area contributed by atoms with Gasteiger partial charge in [-0.2, -0.15) is 0 Å². The summed E-state index contributed by atoms with van der Waals surface area (Å²) >= 11 is 0. The lowest BCUT2D eigenvalue weighted by Gasteiger charge is -2.39. The van der Waals surface area contributed by atoms with Gasteiger partial charge in [-0.15, -0.1) is 0 Å². The standard InChI is InChI=1S/C11H15O4P/c1-11(2)8-14-16(12,13)15-10(11)9-6-4-3-5-7-9/h3-7,10H,8H2,1-2H3,(H,12,13). The van der Waals surface area contributed by atoms with Crippen LogP contribution in [0.15, 0.2) is 30.3 Å². The molecule has 0 amide bonds. The van der Waals surface area contributed by atoms with E-state index in [1.165, 1.54) is 0 Å². The minimum atomic E-state index is -3.89. The van der Waals surface area contributed by atoms with E-state index in [0.717, 1.165) is 5.56 Å². The third-order valence-corrected chi connectivity index (χ3v) is 3.58. The van der Waals surface area contributed by atoms with Crippen molar-refractivity contribution >= 4 is 7.82 Å². The van der Waals surface area contributed by atoms with Gasteiger partial charge in [0.25, 0.3) is 0 Å². The van der Waals surface area contributed by atoms with Crippen molar-refractivity contribution < 1.29 is 18.5 Å². The Kier molecular flexibility index (Phi) is 2.93. The quantitative estimate of drug-likeness (QED) is 0.769. The predicted octanol–water partition coefficient (Wildman–Crippen LogP) is 2.90. The zero-order valence-electron chi connectivity index (χ0n) is 9.29. The maximum atomic E-state index is 11.4. The highest BCUT2D eigenvalue weighted by atomic mass is 31.2. The summed E-state index contributed by atoms with van der Waals surface area (Å²) in [4.78, 5) is 9.35. The van der Waals surface area contributed by atoms with Crippen molar-refractivity contribution in [3.8, 4) is 0 Å². The predicted molar refractivity (Wildman–Crippen MR) is 59.8 cm³/mol. The molecule has 0 radical (unpaired) electrons. The van der Waals surface area contributed by atoms with Gasteiger partial charge < -0.3 is 4.89 Å². The van der Waals surface area contributed by atoms with E-state index in [4.69, 9.17) is 9.05 Å². The number of rotatable bonds is 1. The maximum absolute atomic E-state index is 11.4. The molecule has 2 atom stereocenters. The minimum Gasteiger partial charge on any atom is -0.302 e. The second-order valence-electron chi connectivity index (χ2n) is 4.63. The highest BCUT2D eigenvalue weighted by Crippen LogP contribution is 2.57. The van der Waals surface area contributed by atoms with E-state index in [9.17, 15) is 9.46 Å². The molecule has 1 aliphatic heterocycles. The largest absolute Gasteiger partial charge is 0.472 e. The Morgan fingerprint density at radius 1 is 1.38 bits per heavy atom. The van der Waals surface area contributed by atoms with E-state index in [2.05, 4.69) is 0 Å². The minimum absolute atomic E-state index is 0.209. The Labute approximate surface area is 94.8 Å². The second-order valence-corrected chi connectivity index (χ2v) is 6.03. The van der Waals surface area contributed by atoms with Crippen LogP contribution in [0.1, 0.15) is 25.5 Å². The Bertz CT molecular complexity index is 415. The Hall–Kier alpha value is -0.670. The number of phosphoric ester groups is 1. The Balaban J connectivity index is 2.33. The average Bonchev–Trinajstić information content (AvgIpc) is 2.24. The van der Waals surface area contributed by atoms with Crippen LogP contribution in [0.25, 0.3) is 0 Å². The molecule has 1 fully saturated rings. The Morgan fingerprint density at radius 2 is 2.00 bits per heavy atom. The molecule has 16 heavy (non-hydrogen) atoms. The van der Waals surface area contributed by atoms with Crippen molar-refractivity contribution in [2.45, 2.75) is 20.0 Å². The normalized spacial score (nSPS) is 33.6. The van der Waals surface area contributed by atoms with E-state index < -0.39 is 13.9 Å². The first-order valence-corrected chi connectivity index (χ1v) is 6.61. The lowest BCUT2D eigenvalue weighted by Crippen LogP contribution is -2.33. The summed E-state index contributed by atoms with van der Waals surface area (Å²) in [5.74, 6) is 0. The van der Waals surface area contributed by atoms with Gasteiger partial charge >= 0.3 is 7.82 Å². The first-order valence-electron chi connectivity index (χ1n) is 5.11. The molecule has 0 aromatic heterocycles. The zero-order valence-corrected chi connectivity index (χ0v) is 10.2. The van der Waals surface area contributed by atoms with Crippen molar-refractivity contribution in [1.29, 1.82) is 0 Å². The number of benzene rings is 1. The highest BCUT2D eigenvalue weighted by Gasteiger charge is 2.44. The molecule has 1 heterocycles. The molecular formula is C11H15O4P. The summed E-state index contributed by atoms with van der Waals surface area (Å²) in [6.45, 7) is 4.11. The van der Waals surface area contributed by atoms with Gasteiger partial charge in [-0.25, -0.2) is 4.57 Å². The number of hydrogen-bond donors (Lipinski definition) is 1. The molecule has 0 aliphatic carbocycles. The van der Waals surface area contributed by atoms with E-state index in [1.807, 2.05) is 44.2 Å². The van der Waals surface area contributed by atoms with Crippen LogP contribution in [0, 0.1) is 5.41 Å². The third-order valence-electron chi connectivity index (χ3n) is 2.65. The first-order chi connectivity index (χ1) is 7.41. The fraction of sp³-hybridized carbons (Fsp3) is 0.455. The van der Waals surface area contributed by atoms with Crippen LogP contribution in [0.4, 0.5) is 0 Å². The molecule has 4 nitrogen and oxygen atoms in total. The van der Waals surface area contributed by atoms with Crippen LogP contribution < -0.4 is 0 Å². The van der Waals surface area contributed by atoms with Crippen LogP contribution in [-0.4, -0.2) is 11.5 Å². The number of hydrogen-bond acceptors (Lipinski definition) is 3. The molecule has 1 aromatic rings. The van der Waals surface area contributed by atoms with Crippen LogP contribution in [0.3, 0.4) is 0 Å². The molecule has 1 saturated heterocycles. The summed E-state index contributed by atoms with van der Waals surface area (Å²) in [5, 5.41) is 0. The lowest BCUT2D eigenvalue weighted by molar-refractivity contribution is -0.0472. The van der Waals surface area contributed by atoms with Gasteiger partial charge in [0, 0.05) is 5.41 Å². The van der Waals surface area contributed by atoms with Gasteiger partial charge in [-0.1, -0.05) is 44.2 Å². The fourth-order valence-electron chi connectivity index (χ4n) is 1.77. The van der Waals surface area contributed by atoms with Crippen molar-refractivity contribution in [3.63, 3.8) is 0 Å². The topological polar surface area (TPSA) is 55.8 Å². The summed E-state index contributed by atoms with van der Waals surface area (Å²) in [6.07, 6.45) is -0.418. The molecule has 0 saturated carbocycles. The van der Waals surface area contributed by atoms with Crippen LogP contribution in [0.5, 0.6) is 0 Å². The van der Waals surface area contributed by atoms with E-state index in [1.54, 1.807) is 0 Å². The maximum Gasteiger partial charge on any atom is 0.472 e. The molecule has 0 spiro atoms. The van der Waals surface area contributed by atoms with Gasteiger partial charge in [0.2, 0.25) is 0 Å². The van der Waals surface area contributed by atoms with Crippen LogP contribution in [-0.2, 0) is 13.6 Å². The van der Waals surface area contributed by atoms with Crippen molar-refractivity contribution in [2.24, 2.45) is 5.41 Å². The van der Waals surface area contributed by atoms with Gasteiger partial charge in [-0.3, -0.25) is 9.05 Å². The molecule has 1 aromatic carbocycles. The summed E-state index contributed by atoms with van der Waals surface area (Å²) in [5.41, 5.74) is 0.572.